The first-order chi connectivity index (χ1) is 12.4. The number of nitrogens with one attached hydrogen (secondary N) is 1. The number of nitro benzene ring substituents is 1. The summed E-state index contributed by atoms with van der Waals surface area (Å²) in [5, 5.41) is 18.4. The summed E-state index contributed by atoms with van der Waals surface area (Å²) in [6.45, 7) is 0. The first kappa shape index (κ1) is 17.4. The van der Waals surface area contributed by atoms with Gasteiger partial charge in [0.05, 0.1) is 12.0 Å². The lowest BCUT2D eigenvalue weighted by Crippen LogP contribution is -2.14. The molecule has 1 N–H and O–H groups in total. The number of nitro groups is 1. The molecule has 0 aliphatic carbocycles. The highest BCUT2D eigenvalue weighted by Gasteiger charge is 2.27. The maximum absolute atomic E-state index is 12.4. The molecule has 26 heavy (non-hydrogen) atoms. The molecule has 0 amide bonds. The second-order valence-electron chi connectivity index (χ2n) is 4.97. The first-order valence-corrected chi connectivity index (χ1v) is 8.63. The third-order valence-corrected chi connectivity index (χ3v) is 4.70. The fourth-order valence-corrected chi connectivity index (χ4v) is 3.22. The second kappa shape index (κ2) is 6.80. The highest BCUT2D eigenvalue weighted by atomic mass is 32.2. The topological polar surface area (TPSA) is 137 Å². The SMILES string of the molecule is COc1ccc(-c2nnc(NS(=O)(=O)c3ccccc3[N+](=O)[O-])o2)cc1. The Bertz CT molecular complexity index is 1050. The molecule has 0 aliphatic rings. The van der Waals surface area contributed by atoms with E-state index in [0.717, 1.165) is 12.1 Å². The number of sulfonamides is 1. The zero-order valence-electron chi connectivity index (χ0n) is 13.3. The third-order valence-electron chi connectivity index (χ3n) is 3.34. The standard InChI is InChI=1S/C15H12N4O6S/c1-24-11-8-6-10(7-9-11)14-16-17-15(25-14)18-26(22,23)13-5-3-2-4-12(13)19(20)21/h2-9H,1H3,(H,17,18). The molecule has 0 unspecified atom stereocenters. The van der Waals surface area contributed by atoms with E-state index in [1.54, 1.807) is 24.3 Å². The maximum Gasteiger partial charge on any atom is 0.330 e. The third kappa shape index (κ3) is 3.47. The quantitative estimate of drug-likeness (QED) is 0.511. The minimum absolute atomic E-state index is 0.0768. The molecule has 2 aromatic carbocycles. The van der Waals surface area contributed by atoms with Crippen LogP contribution >= 0.6 is 0 Å². The van der Waals surface area contributed by atoms with Crippen molar-refractivity contribution in [3.63, 3.8) is 0 Å². The molecule has 134 valence electrons. The summed E-state index contributed by atoms with van der Waals surface area (Å²) in [5.41, 5.74) is -0.00988. The Morgan fingerprint density at radius 1 is 1.12 bits per heavy atom. The van der Waals surface area contributed by atoms with Gasteiger partial charge >= 0.3 is 6.01 Å². The molecule has 1 heterocycles. The Hall–Kier alpha value is -3.47. The van der Waals surface area contributed by atoms with Gasteiger partial charge in [-0.3, -0.25) is 10.1 Å². The van der Waals surface area contributed by atoms with E-state index in [1.165, 1.54) is 19.2 Å². The lowest BCUT2D eigenvalue weighted by molar-refractivity contribution is -0.387. The molecule has 10 nitrogen and oxygen atoms in total. The molecule has 0 saturated heterocycles. The maximum atomic E-state index is 12.4. The zero-order valence-corrected chi connectivity index (χ0v) is 14.1. The van der Waals surface area contributed by atoms with Crippen molar-refractivity contribution in [1.82, 2.24) is 10.2 Å². The smallest absolute Gasteiger partial charge is 0.330 e. The molecular weight excluding hydrogens is 364 g/mol. The summed E-state index contributed by atoms with van der Waals surface area (Å²) >= 11 is 0. The molecule has 1 aromatic heterocycles. The zero-order chi connectivity index (χ0) is 18.7. The Kier molecular flexibility index (Phi) is 4.54. The van der Waals surface area contributed by atoms with Crippen molar-refractivity contribution in [3.05, 3.63) is 58.6 Å². The van der Waals surface area contributed by atoms with E-state index in [2.05, 4.69) is 10.2 Å². The van der Waals surface area contributed by atoms with Crippen LogP contribution in [0.25, 0.3) is 11.5 Å². The number of para-hydroxylation sites is 1. The molecule has 0 saturated carbocycles. The van der Waals surface area contributed by atoms with Crippen molar-refractivity contribution in [1.29, 1.82) is 0 Å². The second-order valence-corrected chi connectivity index (χ2v) is 6.62. The number of rotatable bonds is 6. The number of aromatic nitrogens is 2. The van der Waals surface area contributed by atoms with Crippen molar-refractivity contribution in [2.45, 2.75) is 4.90 Å². The Balaban J connectivity index is 1.87. The Labute approximate surface area is 147 Å². The molecule has 0 atom stereocenters. The first-order valence-electron chi connectivity index (χ1n) is 7.15. The van der Waals surface area contributed by atoms with Gasteiger partial charge in [-0.05, 0) is 30.3 Å². The van der Waals surface area contributed by atoms with Gasteiger partial charge in [0.15, 0.2) is 4.90 Å². The van der Waals surface area contributed by atoms with Crippen LogP contribution in [0.2, 0.25) is 0 Å². The van der Waals surface area contributed by atoms with Gasteiger partial charge < -0.3 is 9.15 Å². The van der Waals surface area contributed by atoms with Crippen molar-refractivity contribution in [2.24, 2.45) is 0 Å². The number of benzene rings is 2. The van der Waals surface area contributed by atoms with E-state index in [1.807, 2.05) is 4.72 Å². The van der Waals surface area contributed by atoms with Crippen LogP contribution in [0.4, 0.5) is 11.7 Å². The summed E-state index contributed by atoms with van der Waals surface area (Å²) in [7, 11) is -2.75. The van der Waals surface area contributed by atoms with Crippen LogP contribution in [-0.2, 0) is 10.0 Å². The predicted octanol–water partition coefficient (Wildman–Crippen LogP) is 2.45. The van der Waals surface area contributed by atoms with Crippen LogP contribution in [0.1, 0.15) is 0 Å². The van der Waals surface area contributed by atoms with E-state index >= 15 is 0 Å². The molecule has 0 fully saturated rings. The lowest BCUT2D eigenvalue weighted by atomic mass is 10.2. The minimum Gasteiger partial charge on any atom is -0.497 e. The number of ether oxygens (including phenoxy) is 1. The van der Waals surface area contributed by atoms with E-state index in [9.17, 15) is 18.5 Å². The van der Waals surface area contributed by atoms with E-state index < -0.39 is 31.5 Å². The molecule has 11 heteroatoms. The van der Waals surface area contributed by atoms with Gasteiger partial charge in [0.2, 0.25) is 5.89 Å². The molecule has 0 bridgehead atoms. The lowest BCUT2D eigenvalue weighted by Gasteiger charge is -2.04. The molecular formula is C15H12N4O6S. The fraction of sp³-hybridized carbons (Fsp3) is 0.0667. The molecule has 0 radical (unpaired) electrons. The van der Waals surface area contributed by atoms with Gasteiger partial charge in [0.25, 0.3) is 15.7 Å². The van der Waals surface area contributed by atoms with E-state index in [0.29, 0.717) is 11.3 Å². The summed E-state index contributed by atoms with van der Waals surface area (Å²) in [4.78, 5) is 9.72. The van der Waals surface area contributed by atoms with E-state index in [-0.39, 0.29) is 5.89 Å². The number of anilines is 1. The normalized spacial score (nSPS) is 11.1. The van der Waals surface area contributed by atoms with Gasteiger partial charge in [0, 0.05) is 11.6 Å². The summed E-state index contributed by atoms with van der Waals surface area (Å²) in [6.07, 6.45) is 0. The van der Waals surface area contributed by atoms with Crippen molar-refractivity contribution in [3.8, 4) is 17.2 Å². The number of methoxy groups -OCH3 is 1. The molecule has 0 aliphatic heterocycles. The van der Waals surface area contributed by atoms with Crippen molar-refractivity contribution < 1.29 is 22.5 Å². The fourth-order valence-electron chi connectivity index (χ4n) is 2.12. The van der Waals surface area contributed by atoms with E-state index in [4.69, 9.17) is 9.15 Å². The van der Waals surface area contributed by atoms with Gasteiger partial charge in [-0.2, -0.15) is 0 Å². The minimum atomic E-state index is -4.28. The highest BCUT2D eigenvalue weighted by molar-refractivity contribution is 7.92. The average molecular weight is 376 g/mol. The van der Waals surface area contributed by atoms with Crippen LogP contribution in [0.3, 0.4) is 0 Å². The van der Waals surface area contributed by atoms with Crippen LogP contribution in [0.15, 0.2) is 57.8 Å². The van der Waals surface area contributed by atoms with Gasteiger partial charge in [0.1, 0.15) is 5.75 Å². The van der Waals surface area contributed by atoms with Gasteiger partial charge in [-0.1, -0.05) is 17.2 Å². The number of nitrogens with zero attached hydrogens (tertiary/aromatic N) is 3. The van der Waals surface area contributed by atoms with Crippen molar-refractivity contribution >= 4 is 21.7 Å². The molecule has 3 rings (SSSR count). The van der Waals surface area contributed by atoms with Crippen LogP contribution < -0.4 is 9.46 Å². The Morgan fingerprint density at radius 2 is 1.81 bits per heavy atom. The predicted molar refractivity (Wildman–Crippen MR) is 90.2 cm³/mol. The van der Waals surface area contributed by atoms with Gasteiger partial charge in [-0.25, -0.2) is 13.1 Å². The van der Waals surface area contributed by atoms with Crippen LogP contribution in [0.5, 0.6) is 5.75 Å². The Morgan fingerprint density at radius 3 is 2.46 bits per heavy atom. The molecule has 3 aromatic rings. The summed E-state index contributed by atoms with van der Waals surface area (Å²) in [6, 6.07) is 11.2. The summed E-state index contributed by atoms with van der Waals surface area (Å²) in [5.74, 6) is 0.707. The van der Waals surface area contributed by atoms with Gasteiger partial charge in [-0.15, -0.1) is 5.10 Å². The molecule has 0 spiro atoms. The number of hydrogen-bond donors (Lipinski definition) is 1. The van der Waals surface area contributed by atoms with Crippen LogP contribution in [0, 0.1) is 10.1 Å². The van der Waals surface area contributed by atoms with Crippen LogP contribution in [-0.4, -0.2) is 30.6 Å². The number of hydrogen-bond acceptors (Lipinski definition) is 8. The highest BCUT2D eigenvalue weighted by Crippen LogP contribution is 2.27. The monoisotopic (exact) mass is 376 g/mol. The largest absolute Gasteiger partial charge is 0.497 e. The summed E-state index contributed by atoms with van der Waals surface area (Å²) < 4.78 is 37.2. The van der Waals surface area contributed by atoms with Crippen molar-refractivity contribution in [2.75, 3.05) is 11.8 Å². The average Bonchev–Trinajstić information content (AvgIpc) is 3.09.